The van der Waals surface area contributed by atoms with Gasteiger partial charge in [-0.15, -0.1) is 0 Å². The summed E-state index contributed by atoms with van der Waals surface area (Å²) in [5.41, 5.74) is 3.64. The monoisotopic (exact) mass is 560 g/mol. The number of halogens is 1. The summed E-state index contributed by atoms with van der Waals surface area (Å²) in [7, 11) is 0. The first-order valence-electron chi connectivity index (χ1n) is 13.9. The van der Waals surface area contributed by atoms with Crippen LogP contribution in [0.3, 0.4) is 0 Å². The summed E-state index contributed by atoms with van der Waals surface area (Å²) in [6.45, 7) is 3.90. The molecule has 1 aromatic carbocycles. The maximum atomic E-state index is 13.7. The molecule has 1 aliphatic carbocycles. The van der Waals surface area contributed by atoms with E-state index in [0.29, 0.717) is 35.3 Å². The smallest absolute Gasteiger partial charge is 0.333 e. The summed E-state index contributed by atoms with van der Waals surface area (Å²) < 4.78 is 9.08. The van der Waals surface area contributed by atoms with E-state index >= 15 is 0 Å². The summed E-state index contributed by atoms with van der Waals surface area (Å²) >= 11 is 6.05. The first-order chi connectivity index (χ1) is 19.5. The van der Waals surface area contributed by atoms with E-state index in [2.05, 4.69) is 20.6 Å². The Morgan fingerprint density at radius 1 is 1.02 bits per heavy atom. The number of carbonyl (C=O) groups excluding carboxylic acids is 1. The summed E-state index contributed by atoms with van der Waals surface area (Å²) in [6, 6.07) is 13.8. The van der Waals surface area contributed by atoms with Crippen LogP contribution in [0.2, 0.25) is 5.02 Å². The molecule has 2 N–H and O–H groups in total. The fourth-order valence-corrected chi connectivity index (χ4v) is 6.00. The van der Waals surface area contributed by atoms with E-state index in [-0.39, 0.29) is 23.7 Å². The molecule has 4 heterocycles. The van der Waals surface area contributed by atoms with Crippen LogP contribution in [0.5, 0.6) is 0 Å². The molecule has 1 amide bonds. The third-order valence-corrected chi connectivity index (χ3v) is 8.25. The molecule has 1 saturated heterocycles. The lowest BCUT2D eigenvalue weighted by Crippen LogP contribution is -2.39. The molecule has 0 unspecified atom stereocenters. The van der Waals surface area contributed by atoms with E-state index < -0.39 is 0 Å². The second-order valence-corrected chi connectivity index (χ2v) is 11.2. The van der Waals surface area contributed by atoms with Gasteiger partial charge in [-0.2, -0.15) is 0 Å². The van der Waals surface area contributed by atoms with Gasteiger partial charge >= 0.3 is 5.69 Å². The quantitative estimate of drug-likeness (QED) is 0.339. The number of nitrogens with one attached hydrogen (secondary N) is 2. The molecule has 0 spiro atoms. The zero-order valence-corrected chi connectivity index (χ0v) is 23.2. The molecule has 0 radical (unpaired) electrons. The SMILES string of the molecule is Cc1ncc(Cl)cc1C(=O)NC1CCC(Cn2c(=O)n(-c3ccc(N[C@@H]4CCOC4)nc3)c3ccccc32)CC1. The minimum Gasteiger partial charge on any atom is -0.379 e. The van der Waals surface area contributed by atoms with E-state index in [1.165, 1.54) is 0 Å². The topological polar surface area (TPSA) is 103 Å². The number of hydrogen-bond acceptors (Lipinski definition) is 6. The third kappa shape index (κ3) is 5.48. The van der Waals surface area contributed by atoms with Crippen molar-refractivity contribution in [2.24, 2.45) is 5.92 Å². The lowest BCUT2D eigenvalue weighted by Gasteiger charge is -2.29. The van der Waals surface area contributed by atoms with E-state index in [1.54, 1.807) is 23.0 Å². The van der Waals surface area contributed by atoms with Gasteiger partial charge in [-0.05, 0) is 75.3 Å². The second-order valence-electron chi connectivity index (χ2n) is 10.8. The van der Waals surface area contributed by atoms with Gasteiger partial charge in [0.25, 0.3) is 5.91 Å². The minimum atomic E-state index is -0.137. The number of para-hydroxylation sites is 2. The highest BCUT2D eigenvalue weighted by atomic mass is 35.5. The molecule has 2 aliphatic rings. The number of hydrogen-bond donors (Lipinski definition) is 2. The van der Waals surface area contributed by atoms with Crippen LogP contribution >= 0.6 is 11.6 Å². The standard InChI is InChI=1S/C30H33ClN6O3/c1-19-25(14-21(31)15-32-19)29(38)35-22-8-6-20(7-9-22)17-36-26-4-2-3-5-27(26)37(30(36)39)24-10-11-28(33-16-24)34-23-12-13-40-18-23/h2-5,10-11,14-16,20,22-23H,6-9,12-13,17-18H2,1H3,(H,33,34)(H,35,38)/t20?,22?,23-/m1/s1. The highest BCUT2D eigenvalue weighted by Gasteiger charge is 2.26. The highest BCUT2D eigenvalue weighted by Crippen LogP contribution is 2.28. The Labute approximate surface area is 237 Å². The molecule has 2 fully saturated rings. The van der Waals surface area contributed by atoms with E-state index in [4.69, 9.17) is 16.3 Å². The zero-order valence-electron chi connectivity index (χ0n) is 22.5. The molecule has 6 rings (SSSR count). The summed E-state index contributed by atoms with van der Waals surface area (Å²) in [5, 5.41) is 7.00. The zero-order chi connectivity index (χ0) is 27.6. The molecule has 0 bridgehead atoms. The first kappa shape index (κ1) is 26.5. The Bertz CT molecular complexity index is 1570. The Balaban J connectivity index is 1.15. The van der Waals surface area contributed by atoms with E-state index in [9.17, 15) is 9.59 Å². The Kier molecular flexibility index (Phi) is 7.58. The molecular weight excluding hydrogens is 528 g/mol. The average molecular weight is 561 g/mol. The van der Waals surface area contributed by atoms with Crippen LogP contribution in [0.4, 0.5) is 5.82 Å². The van der Waals surface area contributed by atoms with Crippen LogP contribution in [-0.4, -0.2) is 50.3 Å². The van der Waals surface area contributed by atoms with Crippen LogP contribution < -0.4 is 16.3 Å². The van der Waals surface area contributed by atoms with Gasteiger partial charge in [0.2, 0.25) is 0 Å². The molecular formula is C30H33ClN6O3. The molecule has 4 aromatic rings. The normalized spacial score (nSPS) is 21.0. The number of amides is 1. The average Bonchev–Trinajstić information content (AvgIpc) is 3.57. The van der Waals surface area contributed by atoms with Gasteiger partial charge in [-0.3, -0.25) is 18.9 Å². The van der Waals surface area contributed by atoms with Crippen molar-refractivity contribution in [1.29, 1.82) is 0 Å². The van der Waals surface area contributed by atoms with Gasteiger partial charge in [0.1, 0.15) is 5.82 Å². The van der Waals surface area contributed by atoms with Crippen molar-refractivity contribution >= 4 is 34.4 Å². The second kappa shape index (κ2) is 11.4. The summed E-state index contributed by atoms with van der Waals surface area (Å²) in [5.74, 6) is 0.987. The predicted molar refractivity (Wildman–Crippen MR) is 155 cm³/mol. The number of pyridine rings is 2. The van der Waals surface area contributed by atoms with Crippen molar-refractivity contribution in [3.63, 3.8) is 0 Å². The van der Waals surface area contributed by atoms with Crippen molar-refractivity contribution < 1.29 is 9.53 Å². The number of benzene rings is 1. The number of aryl methyl sites for hydroxylation is 1. The summed E-state index contributed by atoms with van der Waals surface area (Å²) in [4.78, 5) is 35.3. The van der Waals surface area contributed by atoms with Gasteiger partial charge in [0, 0.05) is 25.4 Å². The maximum absolute atomic E-state index is 13.7. The van der Waals surface area contributed by atoms with Gasteiger partial charge in [-0.25, -0.2) is 9.78 Å². The Morgan fingerprint density at radius 2 is 1.82 bits per heavy atom. The number of carbonyl (C=O) groups is 1. The lowest BCUT2D eigenvalue weighted by molar-refractivity contribution is 0.0919. The number of fused-ring (bicyclic) bond motifs is 1. The molecule has 3 aromatic heterocycles. The Morgan fingerprint density at radius 3 is 2.55 bits per heavy atom. The lowest BCUT2D eigenvalue weighted by atomic mass is 9.85. The fourth-order valence-electron chi connectivity index (χ4n) is 5.84. The minimum absolute atomic E-state index is 0.0627. The number of aromatic nitrogens is 4. The van der Waals surface area contributed by atoms with Crippen molar-refractivity contribution in [2.45, 2.75) is 57.7 Å². The van der Waals surface area contributed by atoms with Crippen molar-refractivity contribution in [2.75, 3.05) is 18.5 Å². The molecule has 208 valence electrons. The van der Waals surface area contributed by atoms with Gasteiger partial charge in [0.05, 0.1) is 51.8 Å². The van der Waals surface area contributed by atoms with Crippen LogP contribution in [0, 0.1) is 12.8 Å². The fraction of sp³-hybridized carbons (Fsp3) is 0.400. The predicted octanol–water partition coefficient (Wildman–Crippen LogP) is 4.73. The van der Waals surface area contributed by atoms with Crippen LogP contribution in [0.1, 0.15) is 48.2 Å². The van der Waals surface area contributed by atoms with Gasteiger partial charge in [-0.1, -0.05) is 23.7 Å². The van der Waals surface area contributed by atoms with Gasteiger partial charge in [0.15, 0.2) is 0 Å². The van der Waals surface area contributed by atoms with Crippen molar-refractivity contribution in [3.8, 4) is 5.69 Å². The summed E-state index contributed by atoms with van der Waals surface area (Å²) in [6.07, 6.45) is 7.84. The molecule has 1 atom stereocenters. The van der Waals surface area contributed by atoms with Crippen LogP contribution in [0.25, 0.3) is 16.7 Å². The molecule has 1 aliphatic heterocycles. The largest absolute Gasteiger partial charge is 0.379 e. The number of anilines is 1. The molecule has 9 nitrogen and oxygen atoms in total. The van der Waals surface area contributed by atoms with Crippen molar-refractivity contribution in [3.05, 3.63) is 81.6 Å². The molecule has 40 heavy (non-hydrogen) atoms. The number of nitrogens with zero attached hydrogens (tertiary/aromatic N) is 4. The Hall–Kier alpha value is -3.69. The molecule has 10 heteroatoms. The first-order valence-corrected chi connectivity index (χ1v) is 14.3. The molecule has 1 saturated carbocycles. The number of imidazole rings is 1. The maximum Gasteiger partial charge on any atom is 0.333 e. The third-order valence-electron chi connectivity index (χ3n) is 8.04. The number of rotatable bonds is 7. The highest BCUT2D eigenvalue weighted by molar-refractivity contribution is 6.30. The van der Waals surface area contributed by atoms with Crippen LogP contribution in [0.15, 0.2) is 59.7 Å². The van der Waals surface area contributed by atoms with E-state index in [1.807, 2.05) is 47.9 Å². The van der Waals surface area contributed by atoms with Crippen LogP contribution in [-0.2, 0) is 11.3 Å². The van der Waals surface area contributed by atoms with Crippen molar-refractivity contribution in [1.82, 2.24) is 24.4 Å². The van der Waals surface area contributed by atoms with E-state index in [0.717, 1.165) is 61.2 Å². The number of ether oxygens (including phenoxy) is 1. The van der Waals surface area contributed by atoms with Gasteiger partial charge < -0.3 is 15.4 Å².